The Bertz CT molecular complexity index is 817. The molecule has 2 N–H and O–H groups in total. The van der Waals surface area contributed by atoms with Crippen LogP contribution in [0.4, 0.5) is 0 Å². The summed E-state index contributed by atoms with van der Waals surface area (Å²) in [7, 11) is -1.53. The highest BCUT2D eigenvalue weighted by Gasteiger charge is 2.48. The van der Waals surface area contributed by atoms with Crippen molar-refractivity contribution in [3.8, 4) is 0 Å². The maximum Gasteiger partial charge on any atom is 0.235 e. The second-order valence-corrected chi connectivity index (χ2v) is 10.1. The normalized spacial score (nSPS) is 22.9. The van der Waals surface area contributed by atoms with Gasteiger partial charge >= 0.3 is 0 Å². The molecule has 1 unspecified atom stereocenters. The van der Waals surface area contributed by atoms with Crippen LogP contribution < -0.4 is 5.73 Å². The van der Waals surface area contributed by atoms with Gasteiger partial charge in [0.05, 0.1) is 16.7 Å². The molecule has 1 spiro atoms. The molecule has 0 aliphatic carbocycles. The van der Waals surface area contributed by atoms with Crippen LogP contribution >= 0.6 is 0 Å². The highest BCUT2D eigenvalue weighted by Crippen LogP contribution is 2.44. The third kappa shape index (κ3) is 4.22. The van der Waals surface area contributed by atoms with Crippen molar-refractivity contribution >= 4 is 21.7 Å². The van der Waals surface area contributed by atoms with Crippen molar-refractivity contribution in [2.45, 2.75) is 43.0 Å². The largest absolute Gasteiger partial charge is 0.368 e. The van der Waals surface area contributed by atoms with Gasteiger partial charge in [-0.25, -0.2) is 8.42 Å². The van der Waals surface area contributed by atoms with Crippen LogP contribution in [0, 0.1) is 5.41 Å². The van der Waals surface area contributed by atoms with Crippen LogP contribution in [0.15, 0.2) is 35.2 Å². The molecule has 0 aromatic heterocycles. The number of hydrogen-bond acceptors (Lipinski definition) is 5. The summed E-state index contributed by atoms with van der Waals surface area (Å²) in [5.74, 6) is -0.630. The molecule has 1 aromatic carbocycles. The van der Waals surface area contributed by atoms with E-state index in [0.29, 0.717) is 13.1 Å². The standard InChI is InChI=1S/C20H29N3O4S/c1-22-12-5-9-20(18(22)19(21)25)10-13-23(14-11-20)17(24)8-15-28(26,27)16-6-3-2-4-7-16/h2-4,6-7,18H,5,8-15H2,1H3,(H2,21,25). The molecule has 2 amide bonds. The zero-order valence-corrected chi connectivity index (χ0v) is 17.2. The molecule has 0 bridgehead atoms. The van der Waals surface area contributed by atoms with E-state index in [1.54, 1.807) is 35.2 Å². The van der Waals surface area contributed by atoms with E-state index in [-0.39, 0.29) is 40.3 Å². The number of nitrogens with two attached hydrogens (primary N) is 1. The Balaban J connectivity index is 1.59. The Morgan fingerprint density at radius 2 is 1.75 bits per heavy atom. The van der Waals surface area contributed by atoms with E-state index in [4.69, 9.17) is 5.73 Å². The van der Waals surface area contributed by atoms with Crippen molar-refractivity contribution in [1.82, 2.24) is 9.80 Å². The monoisotopic (exact) mass is 407 g/mol. The summed E-state index contributed by atoms with van der Waals surface area (Å²) >= 11 is 0. The average Bonchev–Trinajstić information content (AvgIpc) is 2.67. The lowest BCUT2D eigenvalue weighted by Crippen LogP contribution is -2.60. The van der Waals surface area contributed by atoms with Gasteiger partial charge in [0.2, 0.25) is 11.8 Å². The van der Waals surface area contributed by atoms with E-state index < -0.39 is 9.84 Å². The zero-order valence-electron chi connectivity index (χ0n) is 16.3. The van der Waals surface area contributed by atoms with E-state index in [0.717, 1.165) is 32.2 Å². The number of hydrogen-bond donors (Lipinski definition) is 1. The number of carbonyl (C=O) groups excluding carboxylic acids is 2. The first-order valence-corrected chi connectivity index (χ1v) is 11.5. The number of carbonyl (C=O) groups is 2. The summed E-state index contributed by atoms with van der Waals surface area (Å²) in [5, 5.41) is 0. The van der Waals surface area contributed by atoms with Crippen molar-refractivity contribution in [2.75, 3.05) is 32.4 Å². The van der Waals surface area contributed by atoms with Gasteiger partial charge in [0, 0.05) is 19.5 Å². The Morgan fingerprint density at radius 3 is 2.36 bits per heavy atom. The van der Waals surface area contributed by atoms with Crippen molar-refractivity contribution in [1.29, 1.82) is 0 Å². The molecule has 3 rings (SSSR count). The van der Waals surface area contributed by atoms with E-state index in [1.165, 1.54) is 0 Å². The summed E-state index contributed by atoms with van der Waals surface area (Å²) in [6.45, 7) is 1.94. The molecule has 1 atom stereocenters. The summed E-state index contributed by atoms with van der Waals surface area (Å²) in [4.78, 5) is 28.6. The van der Waals surface area contributed by atoms with Gasteiger partial charge in [-0.05, 0) is 56.8 Å². The summed E-state index contributed by atoms with van der Waals surface area (Å²) in [5.41, 5.74) is 5.51. The number of benzene rings is 1. The quantitative estimate of drug-likeness (QED) is 0.786. The molecule has 28 heavy (non-hydrogen) atoms. The van der Waals surface area contributed by atoms with Gasteiger partial charge in [0.15, 0.2) is 9.84 Å². The second-order valence-electron chi connectivity index (χ2n) is 8.01. The Hall–Kier alpha value is -1.93. The minimum atomic E-state index is -3.46. The van der Waals surface area contributed by atoms with Crippen LogP contribution in [0.3, 0.4) is 0 Å². The molecule has 154 valence electrons. The molecule has 0 radical (unpaired) electrons. The summed E-state index contributed by atoms with van der Waals surface area (Å²) in [6, 6.07) is 7.92. The minimum Gasteiger partial charge on any atom is -0.368 e. The van der Waals surface area contributed by atoms with Crippen molar-refractivity contribution in [2.24, 2.45) is 11.1 Å². The molecule has 2 aliphatic heterocycles. The lowest BCUT2D eigenvalue weighted by molar-refractivity contribution is -0.138. The zero-order chi connectivity index (χ0) is 20.4. The first-order valence-electron chi connectivity index (χ1n) is 9.80. The Kier molecular flexibility index (Phi) is 6.09. The van der Waals surface area contributed by atoms with Crippen LogP contribution in [0.1, 0.15) is 32.1 Å². The van der Waals surface area contributed by atoms with E-state index in [1.807, 2.05) is 11.9 Å². The maximum atomic E-state index is 12.6. The lowest BCUT2D eigenvalue weighted by atomic mass is 9.66. The predicted octanol–water partition coefficient (Wildman–Crippen LogP) is 1.04. The predicted molar refractivity (Wildman–Crippen MR) is 106 cm³/mol. The molecular weight excluding hydrogens is 378 g/mol. The Labute approximate surface area is 166 Å². The highest BCUT2D eigenvalue weighted by atomic mass is 32.2. The topological polar surface area (TPSA) is 101 Å². The van der Waals surface area contributed by atoms with Crippen molar-refractivity contribution < 1.29 is 18.0 Å². The van der Waals surface area contributed by atoms with E-state index in [9.17, 15) is 18.0 Å². The SMILES string of the molecule is CN1CCCC2(CCN(C(=O)CCS(=O)(=O)c3ccccc3)CC2)C1C(N)=O. The van der Waals surface area contributed by atoms with Crippen LogP contribution in [-0.2, 0) is 19.4 Å². The van der Waals surface area contributed by atoms with E-state index >= 15 is 0 Å². The Morgan fingerprint density at radius 1 is 1.11 bits per heavy atom. The molecular formula is C20H29N3O4S. The van der Waals surface area contributed by atoms with Crippen LogP contribution in [0.5, 0.6) is 0 Å². The van der Waals surface area contributed by atoms with Gasteiger partial charge in [-0.1, -0.05) is 18.2 Å². The van der Waals surface area contributed by atoms with Gasteiger partial charge < -0.3 is 10.6 Å². The molecule has 8 heteroatoms. The van der Waals surface area contributed by atoms with Crippen molar-refractivity contribution in [3.05, 3.63) is 30.3 Å². The third-order valence-corrected chi connectivity index (χ3v) is 8.01. The van der Waals surface area contributed by atoms with Gasteiger partial charge in [0.1, 0.15) is 0 Å². The number of amides is 2. The smallest absolute Gasteiger partial charge is 0.235 e. The van der Waals surface area contributed by atoms with Gasteiger partial charge in [-0.2, -0.15) is 0 Å². The molecule has 1 aromatic rings. The third-order valence-electron chi connectivity index (χ3n) is 6.27. The number of rotatable bonds is 5. The van der Waals surface area contributed by atoms with Gasteiger partial charge in [0.25, 0.3) is 0 Å². The lowest BCUT2D eigenvalue weighted by Gasteiger charge is -2.51. The van der Waals surface area contributed by atoms with Gasteiger partial charge in [-0.15, -0.1) is 0 Å². The fourth-order valence-corrected chi connectivity index (χ4v) is 6.03. The fourth-order valence-electron chi connectivity index (χ4n) is 4.78. The summed E-state index contributed by atoms with van der Waals surface area (Å²) < 4.78 is 24.8. The average molecular weight is 408 g/mol. The number of primary amides is 1. The van der Waals surface area contributed by atoms with Crippen molar-refractivity contribution in [3.63, 3.8) is 0 Å². The molecule has 2 saturated heterocycles. The molecule has 2 heterocycles. The molecule has 2 fully saturated rings. The number of likely N-dealkylation sites (N-methyl/N-ethyl adjacent to an activating group) is 1. The second kappa shape index (κ2) is 8.21. The fraction of sp³-hybridized carbons (Fsp3) is 0.600. The highest BCUT2D eigenvalue weighted by molar-refractivity contribution is 7.91. The molecule has 0 saturated carbocycles. The number of sulfone groups is 1. The molecule has 7 nitrogen and oxygen atoms in total. The van der Waals surface area contributed by atoms with Gasteiger partial charge in [-0.3, -0.25) is 14.5 Å². The van der Waals surface area contributed by atoms with Crippen LogP contribution in [0.25, 0.3) is 0 Å². The minimum absolute atomic E-state index is 0.0244. The van der Waals surface area contributed by atoms with Crippen LogP contribution in [0.2, 0.25) is 0 Å². The van der Waals surface area contributed by atoms with E-state index in [2.05, 4.69) is 0 Å². The first-order chi connectivity index (χ1) is 13.3. The summed E-state index contributed by atoms with van der Waals surface area (Å²) in [6.07, 6.45) is 3.38. The number of nitrogens with zero attached hydrogens (tertiary/aromatic N) is 2. The number of likely N-dealkylation sites (tertiary alicyclic amines) is 2. The number of piperidine rings is 2. The van der Waals surface area contributed by atoms with Crippen LogP contribution in [-0.4, -0.2) is 68.5 Å². The maximum absolute atomic E-state index is 12.6. The molecule has 2 aliphatic rings. The first kappa shape index (κ1) is 20.8.